The maximum absolute atomic E-state index is 10.8. The zero-order valence-corrected chi connectivity index (χ0v) is 8.60. The van der Waals surface area contributed by atoms with E-state index >= 15 is 0 Å². The van der Waals surface area contributed by atoms with E-state index in [0.29, 0.717) is 6.42 Å². The Labute approximate surface area is 84.1 Å². The van der Waals surface area contributed by atoms with E-state index in [0.717, 1.165) is 12.8 Å². The molecule has 1 saturated carbocycles. The van der Waals surface area contributed by atoms with Crippen molar-refractivity contribution in [1.29, 1.82) is 5.26 Å². The summed E-state index contributed by atoms with van der Waals surface area (Å²) in [4.78, 5) is 12.8. The molecule has 1 N–H and O–H groups in total. The molecule has 1 fully saturated rings. The molecule has 1 aliphatic carbocycles. The van der Waals surface area contributed by atoms with Gasteiger partial charge in [0.25, 0.3) is 0 Å². The fourth-order valence-corrected chi connectivity index (χ4v) is 1.86. The van der Waals surface area contributed by atoms with E-state index in [4.69, 9.17) is 10.4 Å². The molecule has 1 rings (SSSR count). The average Bonchev–Trinajstić information content (AvgIpc) is 2.01. The predicted octanol–water partition coefficient (Wildman–Crippen LogP) is 1.08. The van der Waals surface area contributed by atoms with Gasteiger partial charge < -0.3 is 5.11 Å². The lowest BCUT2D eigenvalue weighted by Crippen LogP contribution is -2.51. The van der Waals surface area contributed by atoms with Gasteiger partial charge in [0.1, 0.15) is 0 Å². The van der Waals surface area contributed by atoms with E-state index in [1.54, 1.807) is 0 Å². The summed E-state index contributed by atoms with van der Waals surface area (Å²) in [5, 5.41) is 17.4. The van der Waals surface area contributed by atoms with Crippen molar-refractivity contribution in [3.63, 3.8) is 0 Å². The number of hydrogen-bond donors (Lipinski definition) is 1. The van der Waals surface area contributed by atoms with Crippen molar-refractivity contribution in [3.8, 4) is 6.07 Å². The first-order valence-electron chi connectivity index (χ1n) is 4.89. The first kappa shape index (κ1) is 11.0. The molecule has 0 aromatic rings. The lowest BCUT2D eigenvalue weighted by atomic mass is 9.78. The van der Waals surface area contributed by atoms with Crippen molar-refractivity contribution in [2.24, 2.45) is 5.92 Å². The number of rotatable bonds is 4. The van der Waals surface area contributed by atoms with E-state index in [-0.39, 0.29) is 18.0 Å². The Bertz CT molecular complexity index is 259. The van der Waals surface area contributed by atoms with Crippen LogP contribution in [0.5, 0.6) is 0 Å². The quantitative estimate of drug-likeness (QED) is 0.730. The SMILES string of the molecule is CC(CC#N)N(C)C1CCC1C(=O)O. The van der Waals surface area contributed by atoms with Gasteiger partial charge in [-0.05, 0) is 26.8 Å². The molecule has 0 aliphatic heterocycles. The van der Waals surface area contributed by atoms with Gasteiger partial charge in [0, 0.05) is 12.1 Å². The van der Waals surface area contributed by atoms with Gasteiger partial charge in [-0.3, -0.25) is 9.69 Å². The van der Waals surface area contributed by atoms with Crippen molar-refractivity contribution in [2.45, 2.75) is 38.3 Å². The van der Waals surface area contributed by atoms with Crippen molar-refractivity contribution in [3.05, 3.63) is 0 Å². The molecule has 0 spiro atoms. The van der Waals surface area contributed by atoms with Crippen LogP contribution < -0.4 is 0 Å². The molecule has 0 aromatic carbocycles. The van der Waals surface area contributed by atoms with Crippen LogP contribution in [0, 0.1) is 17.2 Å². The molecule has 0 aromatic heterocycles. The molecular weight excluding hydrogens is 180 g/mol. The normalized spacial score (nSPS) is 27.9. The van der Waals surface area contributed by atoms with Crippen LogP contribution in [0.4, 0.5) is 0 Å². The highest BCUT2D eigenvalue weighted by molar-refractivity contribution is 5.72. The number of carboxylic acids is 1. The minimum absolute atomic E-state index is 0.121. The second kappa shape index (κ2) is 4.43. The lowest BCUT2D eigenvalue weighted by Gasteiger charge is -2.42. The number of aliphatic carboxylic acids is 1. The van der Waals surface area contributed by atoms with Crippen LogP contribution in [0.2, 0.25) is 0 Å². The van der Waals surface area contributed by atoms with E-state index in [9.17, 15) is 4.79 Å². The number of carboxylic acid groups (broad SMARTS) is 1. The minimum atomic E-state index is -0.711. The average molecular weight is 196 g/mol. The van der Waals surface area contributed by atoms with Gasteiger partial charge in [0.15, 0.2) is 0 Å². The van der Waals surface area contributed by atoms with Crippen molar-refractivity contribution < 1.29 is 9.90 Å². The third kappa shape index (κ3) is 2.05. The molecule has 14 heavy (non-hydrogen) atoms. The van der Waals surface area contributed by atoms with E-state index in [2.05, 4.69) is 6.07 Å². The number of nitriles is 1. The van der Waals surface area contributed by atoms with Crippen LogP contribution in [0.25, 0.3) is 0 Å². The lowest BCUT2D eigenvalue weighted by molar-refractivity contribution is -0.149. The Kier molecular flexibility index (Phi) is 3.48. The molecule has 4 heteroatoms. The Morgan fingerprint density at radius 2 is 2.36 bits per heavy atom. The maximum atomic E-state index is 10.8. The highest BCUT2D eigenvalue weighted by Crippen LogP contribution is 2.32. The van der Waals surface area contributed by atoms with Gasteiger partial charge in [0.2, 0.25) is 0 Å². The van der Waals surface area contributed by atoms with Gasteiger partial charge in [-0.25, -0.2) is 0 Å². The standard InChI is InChI=1S/C10H16N2O2/c1-7(5-6-11)12(2)9-4-3-8(9)10(13)14/h7-9H,3-5H2,1-2H3,(H,13,14). The van der Waals surface area contributed by atoms with Crippen molar-refractivity contribution >= 4 is 5.97 Å². The van der Waals surface area contributed by atoms with E-state index in [1.165, 1.54) is 0 Å². The Balaban J connectivity index is 2.49. The molecular formula is C10H16N2O2. The maximum Gasteiger partial charge on any atom is 0.308 e. The fourth-order valence-electron chi connectivity index (χ4n) is 1.86. The van der Waals surface area contributed by atoms with E-state index in [1.807, 2.05) is 18.9 Å². The fraction of sp³-hybridized carbons (Fsp3) is 0.800. The predicted molar refractivity (Wildman–Crippen MR) is 51.6 cm³/mol. The Morgan fingerprint density at radius 3 is 2.71 bits per heavy atom. The summed E-state index contributed by atoms with van der Waals surface area (Å²) in [5.41, 5.74) is 0. The monoisotopic (exact) mass is 196 g/mol. The minimum Gasteiger partial charge on any atom is -0.481 e. The van der Waals surface area contributed by atoms with Crippen LogP contribution in [-0.4, -0.2) is 35.1 Å². The second-order valence-electron chi connectivity index (χ2n) is 3.97. The first-order chi connectivity index (χ1) is 6.57. The molecule has 0 heterocycles. The molecule has 3 atom stereocenters. The first-order valence-corrected chi connectivity index (χ1v) is 4.89. The summed E-state index contributed by atoms with van der Waals surface area (Å²) in [5.74, 6) is -0.946. The van der Waals surface area contributed by atoms with Crippen LogP contribution in [-0.2, 0) is 4.79 Å². The van der Waals surface area contributed by atoms with E-state index < -0.39 is 5.97 Å². The molecule has 0 amide bonds. The van der Waals surface area contributed by atoms with Crippen molar-refractivity contribution in [2.75, 3.05) is 7.05 Å². The molecule has 3 unspecified atom stereocenters. The molecule has 0 radical (unpaired) electrons. The number of carbonyl (C=O) groups is 1. The van der Waals surface area contributed by atoms with Crippen molar-refractivity contribution in [1.82, 2.24) is 4.90 Å². The van der Waals surface area contributed by atoms with Gasteiger partial charge in [0.05, 0.1) is 18.4 Å². The van der Waals surface area contributed by atoms with Gasteiger partial charge in [-0.1, -0.05) is 0 Å². The summed E-state index contributed by atoms with van der Waals surface area (Å²) in [6.07, 6.45) is 2.16. The number of hydrogen-bond acceptors (Lipinski definition) is 3. The molecule has 4 nitrogen and oxygen atoms in total. The van der Waals surface area contributed by atoms with Crippen LogP contribution in [0.1, 0.15) is 26.2 Å². The third-order valence-corrected chi connectivity index (χ3v) is 3.16. The topological polar surface area (TPSA) is 64.3 Å². The zero-order valence-electron chi connectivity index (χ0n) is 8.60. The molecule has 78 valence electrons. The van der Waals surface area contributed by atoms with Gasteiger partial charge in [-0.2, -0.15) is 5.26 Å². The molecule has 1 aliphatic rings. The highest BCUT2D eigenvalue weighted by Gasteiger charge is 2.40. The Morgan fingerprint density at radius 1 is 1.71 bits per heavy atom. The van der Waals surface area contributed by atoms with Gasteiger partial charge in [-0.15, -0.1) is 0 Å². The molecule has 0 saturated heterocycles. The van der Waals surface area contributed by atoms with Crippen LogP contribution in [0.3, 0.4) is 0 Å². The molecule has 0 bridgehead atoms. The Hall–Kier alpha value is -1.08. The summed E-state index contributed by atoms with van der Waals surface area (Å²) < 4.78 is 0. The van der Waals surface area contributed by atoms with Crippen LogP contribution >= 0.6 is 0 Å². The summed E-state index contributed by atoms with van der Waals surface area (Å²) >= 11 is 0. The third-order valence-electron chi connectivity index (χ3n) is 3.16. The van der Waals surface area contributed by atoms with Crippen LogP contribution in [0.15, 0.2) is 0 Å². The zero-order chi connectivity index (χ0) is 10.7. The highest BCUT2D eigenvalue weighted by atomic mass is 16.4. The number of nitrogens with zero attached hydrogens (tertiary/aromatic N) is 2. The summed E-state index contributed by atoms with van der Waals surface area (Å²) in [7, 11) is 1.90. The van der Waals surface area contributed by atoms with Gasteiger partial charge >= 0.3 is 5.97 Å². The smallest absolute Gasteiger partial charge is 0.308 e. The summed E-state index contributed by atoms with van der Waals surface area (Å²) in [6, 6.07) is 2.37. The second-order valence-corrected chi connectivity index (χ2v) is 3.97. The largest absolute Gasteiger partial charge is 0.481 e. The summed E-state index contributed by atoms with van der Waals surface area (Å²) in [6.45, 7) is 1.96.